The minimum Gasteiger partial charge on any atom is -0.388 e. The van der Waals surface area contributed by atoms with E-state index < -0.39 is 6.10 Å². The summed E-state index contributed by atoms with van der Waals surface area (Å²) >= 11 is 0. The van der Waals surface area contributed by atoms with Crippen molar-refractivity contribution in [2.24, 2.45) is 0 Å². The molecule has 0 amide bonds. The van der Waals surface area contributed by atoms with Crippen LogP contribution in [0.2, 0.25) is 0 Å². The standard InChI is InChI=1S/C16H20N2O/c1-18(2)15-8-5-13(6-9-15)7-10-16(19)14-4-3-11-17-12-14/h3-6,8-9,11-12,16,19H,7,10H2,1-2H3. The summed E-state index contributed by atoms with van der Waals surface area (Å²) in [5, 5.41) is 10.1. The lowest BCUT2D eigenvalue weighted by Gasteiger charge is -2.13. The topological polar surface area (TPSA) is 36.4 Å². The van der Waals surface area contributed by atoms with Gasteiger partial charge in [0.1, 0.15) is 0 Å². The maximum atomic E-state index is 10.1. The van der Waals surface area contributed by atoms with Gasteiger partial charge in [0.25, 0.3) is 0 Å². The molecule has 100 valence electrons. The first-order valence-electron chi connectivity index (χ1n) is 6.51. The van der Waals surface area contributed by atoms with Crippen LogP contribution in [-0.2, 0) is 6.42 Å². The van der Waals surface area contributed by atoms with Gasteiger partial charge in [0.05, 0.1) is 6.10 Å². The Hall–Kier alpha value is -1.87. The fourth-order valence-electron chi connectivity index (χ4n) is 2.00. The molecule has 19 heavy (non-hydrogen) atoms. The van der Waals surface area contributed by atoms with Crippen molar-refractivity contribution >= 4 is 5.69 Å². The monoisotopic (exact) mass is 256 g/mol. The summed E-state index contributed by atoms with van der Waals surface area (Å²) in [5.41, 5.74) is 3.32. The molecule has 0 saturated carbocycles. The zero-order valence-electron chi connectivity index (χ0n) is 11.5. The van der Waals surface area contributed by atoms with E-state index in [0.717, 1.165) is 12.0 Å². The van der Waals surface area contributed by atoms with Gasteiger partial charge in [0, 0.05) is 32.2 Å². The van der Waals surface area contributed by atoms with E-state index in [-0.39, 0.29) is 0 Å². The van der Waals surface area contributed by atoms with E-state index in [1.807, 2.05) is 26.2 Å². The van der Waals surface area contributed by atoms with Crippen LogP contribution in [-0.4, -0.2) is 24.2 Å². The Morgan fingerprint density at radius 3 is 2.47 bits per heavy atom. The molecule has 0 spiro atoms. The number of aryl methyl sites for hydroxylation is 1. The molecule has 2 rings (SSSR count). The second-order valence-corrected chi connectivity index (χ2v) is 4.90. The van der Waals surface area contributed by atoms with E-state index in [9.17, 15) is 5.11 Å². The van der Waals surface area contributed by atoms with Crippen LogP contribution in [0.5, 0.6) is 0 Å². The summed E-state index contributed by atoms with van der Waals surface area (Å²) in [7, 11) is 4.06. The van der Waals surface area contributed by atoms with E-state index in [0.29, 0.717) is 6.42 Å². The first kappa shape index (κ1) is 13.6. The van der Waals surface area contributed by atoms with Crippen LogP contribution in [0.25, 0.3) is 0 Å². The summed E-state index contributed by atoms with van der Waals surface area (Å²) in [6, 6.07) is 12.2. The molecule has 0 aliphatic heterocycles. The molecule has 1 atom stereocenters. The number of rotatable bonds is 5. The van der Waals surface area contributed by atoms with E-state index in [1.165, 1.54) is 11.3 Å². The summed E-state index contributed by atoms with van der Waals surface area (Å²) < 4.78 is 0. The highest BCUT2D eigenvalue weighted by molar-refractivity contribution is 5.46. The van der Waals surface area contributed by atoms with Crippen LogP contribution in [0.1, 0.15) is 23.7 Å². The van der Waals surface area contributed by atoms with Crippen LogP contribution in [0.3, 0.4) is 0 Å². The number of benzene rings is 1. The normalized spacial score (nSPS) is 12.2. The lowest BCUT2D eigenvalue weighted by atomic mass is 10.0. The van der Waals surface area contributed by atoms with Gasteiger partial charge in [-0.25, -0.2) is 0 Å². The average Bonchev–Trinajstić information content (AvgIpc) is 2.46. The third-order valence-corrected chi connectivity index (χ3v) is 3.23. The van der Waals surface area contributed by atoms with Crippen LogP contribution in [0, 0.1) is 0 Å². The number of aromatic nitrogens is 1. The highest BCUT2D eigenvalue weighted by Gasteiger charge is 2.07. The molecule has 1 unspecified atom stereocenters. The average molecular weight is 256 g/mol. The van der Waals surface area contributed by atoms with E-state index >= 15 is 0 Å². The fourth-order valence-corrected chi connectivity index (χ4v) is 2.00. The molecule has 3 heteroatoms. The van der Waals surface area contributed by atoms with Gasteiger partial charge in [-0.15, -0.1) is 0 Å². The van der Waals surface area contributed by atoms with Gasteiger partial charge in [0.15, 0.2) is 0 Å². The summed E-state index contributed by atoms with van der Waals surface area (Å²) in [6.45, 7) is 0. The molecule has 1 aromatic heterocycles. The Kier molecular flexibility index (Phi) is 4.53. The van der Waals surface area contributed by atoms with Crippen molar-refractivity contribution < 1.29 is 5.11 Å². The molecule has 0 fully saturated rings. The largest absolute Gasteiger partial charge is 0.388 e. The van der Waals surface area contributed by atoms with Crippen molar-refractivity contribution in [3.63, 3.8) is 0 Å². The lowest BCUT2D eigenvalue weighted by Crippen LogP contribution is -2.08. The maximum absolute atomic E-state index is 10.1. The Morgan fingerprint density at radius 2 is 1.89 bits per heavy atom. The Morgan fingerprint density at radius 1 is 1.16 bits per heavy atom. The van der Waals surface area contributed by atoms with Crippen molar-refractivity contribution in [1.82, 2.24) is 4.98 Å². The van der Waals surface area contributed by atoms with Crippen LogP contribution in [0.15, 0.2) is 48.8 Å². The van der Waals surface area contributed by atoms with Crippen molar-refractivity contribution in [1.29, 1.82) is 0 Å². The molecule has 1 heterocycles. The molecule has 1 aromatic carbocycles. The Balaban J connectivity index is 1.92. The number of nitrogens with zero attached hydrogens (tertiary/aromatic N) is 2. The Bertz CT molecular complexity index is 494. The highest BCUT2D eigenvalue weighted by atomic mass is 16.3. The van der Waals surface area contributed by atoms with Crippen LogP contribution in [0.4, 0.5) is 5.69 Å². The second kappa shape index (κ2) is 6.34. The Labute approximate surface area is 114 Å². The van der Waals surface area contributed by atoms with E-state index in [2.05, 4.69) is 34.1 Å². The number of aliphatic hydroxyl groups is 1. The highest BCUT2D eigenvalue weighted by Crippen LogP contribution is 2.19. The van der Waals surface area contributed by atoms with Crippen LogP contribution >= 0.6 is 0 Å². The molecule has 0 aliphatic carbocycles. The molecule has 3 nitrogen and oxygen atoms in total. The molecule has 0 bridgehead atoms. The molecule has 0 aliphatic rings. The van der Waals surface area contributed by atoms with Gasteiger partial charge in [-0.1, -0.05) is 18.2 Å². The predicted molar refractivity (Wildman–Crippen MR) is 78.3 cm³/mol. The smallest absolute Gasteiger partial charge is 0.0808 e. The van der Waals surface area contributed by atoms with Crippen molar-refractivity contribution in [2.75, 3.05) is 19.0 Å². The summed E-state index contributed by atoms with van der Waals surface area (Å²) in [5.74, 6) is 0. The van der Waals surface area contributed by atoms with Gasteiger partial charge in [-0.05, 0) is 42.2 Å². The predicted octanol–water partition coefficient (Wildman–Crippen LogP) is 2.81. The molecule has 2 aromatic rings. The third kappa shape index (κ3) is 3.80. The molecule has 0 radical (unpaired) electrons. The quantitative estimate of drug-likeness (QED) is 0.893. The number of aliphatic hydroxyl groups excluding tert-OH is 1. The summed E-state index contributed by atoms with van der Waals surface area (Å²) in [4.78, 5) is 6.10. The maximum Gasteiger partial charge on any atom is 0.0808 e. The van der Waals surface area contributed by atoms with Gasteiger partial charge in [0.2, 0.25) is 0 Å². The fraction of sp³-hybridized carbons (Fsp3) is 0.312. The van der Waals surface area contributed by atoms with Crippen molar-refractivity contribution in [2.45, 2.75) is 18.9 Å². The molecular formula is C16H20N2O. The van der Waals surface area contributed by atoms with Crippen molar-refractivity contribution in [3.05, 3.63) is 59.9 Å². The number of anilines is 1. The lowest BCUT2D eigenvalue weighted by molar-refractivity contribution is 0.167. The summed E-state index contributed by atoms with van der Waals surface area (Å²) in [6.07, 6.45) is 4.58. The van der Waals surface area contributed by atoms with Gasteiger partial charge >= 0.3 is 0 Å². The van der Waals surface area contributed by atoms with Gasteiger partial charge in [-0.3, -0.25) is 4.98 Å². The van der Waals surface area contributed by atoms with Crippen molar-refractivity contribution in [3.8, 4) is 0 Å². The zero-order valence-corrected chi connectivity index (χ0v) is 11.5. The minimum atomic E-state index is -0.442. The third-order valence-electron chi connectivity index (χ3n) is 3.23. The van der Waals surface area contributed by atoms with Gasteiger partial charge < -0.3 is 10.0 Å². The minimum absolute atomic E-state index is 0.442. The first-order valence-corrected chi connectivity index (χ1v) is 6.51. The number of hydrogen-bond acceptors (Lipinski definition) is 3. The van der Waals surface area contributed by atoms with Crippen LogP contribution < -0.4 is 4.90 Å². The molecular weight excluding hydrogens is 236 g/mol. The SMILES string of the molecule is CN(C)c1ccc(CCC(O)c2cccnc2)cc1. The van der Waals surface area contributed by atoms with E-state index in [4.69, 9.17) is 0 Å². The van der Waals surface area contributed by atoms with E-state index in [1.54, 1.807) is 12.4 Å². The second-order valence-electron chi connectivity index (χ2n) is 4.90. The van der Waals surface area contributed by atoms with Gasteiger partial charge in [-0.2, -0.15) is 0 Å². The number of pyridine rings is 1. The first-order chi connectivity index (χ1) is 9.16. The zero-order chi connectivity index (χ0) is 13.7. The molecule has 1 N–H and O–H groups in total. The number of hydrogen-bond donors (Lipinski definition) is 1. The molecule has 0 saturated heterocycles.